The highest BCUT2D eigenvalue weighted by Gasteiger charge is 2.44. The van der Waals surface area contributed by atoms with Gasteiger partial charge in [-0.3, -0.25) is 33.9 Å². The third-order valence-electron chi connectivity index (χ3n) is 5.70. The summed E-state index contributed by atoms with van der Waals surface area (Å²) in [5.74, 6) is -1.72. The highest BCUT2D eigenvalue weighted by Crippen LogP contribution is 2.31. The summed E-state index contributed by atoms with van der Waals surface area (Å²) >= 11 is 0. The molecule has 1 atom stereocenters. The molecule has 8 nitrogen and oxygen atoms in total. The number of carbonyl (C=O) groups is 5. The minimum Gasteiger partial charge on any atom is -0.336 e. The number of aromatic nitrogens is 1. The van der Waals surface area contributed by atoms with Gasteiger partial charge in [-0.2, -0.15) is 0 Å². The number of fused-ring (bicyclic) bond motifs is 1. The summed E-state index contributed by atoms with van der Waals surface area (Å²) in [6.45, 7) is 0.0997. The molecule has 1 saturated carbocycles. The largest absolute Gasteiger partial charge is 0.336 e. The lowest BCUT2D eigenvalue weighted by Crippen LogP contribution is -2.44. The van der Waals surface area contributed by atoms with Crippen LogP contribution in [0.2, 0.25) is 0 Å². The van der Waals surface area contributed by atoms with Crippen LogP contribution in [-0.4, -0.2) is 57.2 Å². The number of hydrogen-bond donors (Lipinski definition) is 0. The summed E-state index contributed by atoms with van der Waals surface area (Å²) in [5, 5.41) is 0. The first kappa shape index (κ1) is 20.6. The highest BCUT2D eigenvalue weighted by atomic mass is 16.2. The average molecular weight is 419 g/mol. The molecule has 0 N–H and O–H groups in total. The Morgan fingerprint density at radius 3 is 2.58 bits per heavy atom. The number of ketones is 2. The quantitative estimate of drug-likeness (QED) is 0.555. The number of amides is 3. The van der Waals surface area contributed by atoms with E-state index in [1.807, 2.05) is 0 Å². The van der Waals surface area contributed by atoms with Crippen molar-refractivity contribution in [3.63, 3.8) is 0 Å². The van der Waals surface area contributed by atoms with Crippen molar-refractivity contribution in [3.8, 4) is 0 Å². The predicted octanol–water partition coefficient (Wildman–Crippen LogP) is 2.03. The van der Waals surface area contributed by atoms with Crippen molar-refractivity contribution in [1.29, 1.82) is 0 Å². The van der Waals surface area contributed by atoms with Gasteiger partial charge in [-0.25, -0.2) is 0 Å². The second-order valence-corrected chi connectivity index (χ2v) is 7.76. The zero-order valence-corrected chi connectivity index (χ0v) is 17.0. The summed E-state index contributed by atoms with van der Waals surface area (Å²) in [6, 6.07) is 8.98. The van der Waals surface area contributed by atoms with E-state index in [2.05, 4.69) is 4.98 Å². The average Bonchev–Trinajstić information content (AvgIpc) is 2.91. The van der Waals surface area contributed by atoms with Crippen LogP contribution in [0.3, 0.4) is 0 Å². The van der Waals surface area contributed by atoms with Gasteiger partial charge in [-0.15, -0.1) is 0 Å². The van der Waals surface area contributed by atoms with Crippen molar-refractivity contribution in [3.05, 3.63) is 65.0 Å². The molecule has 1 fully saturated rings. The van der Waals surface area contributed by atoms with Crippen LogP contribution in [0.25, 0.3) is 0 Å². The number of carbonyl (C=O) groups excluding carboxylic acids is 5. The normalized spacial score (nSPS) is 18.7. The molecule has 1 aliphatic carbocycles. The molecule has 0 radical (unpaired) electrons. The van der Waals surface area contributed by atoms with E-state index in [1.54, 1.807) is 43.4 Å². The van der Waals surface area contributed by atoms with Crippen LogP contribution in [0.1, 0.15) is 62.5 Å². The molecule has 2 heterocycles. The maximum absolute atomic E-state index is 13.2. The molecule has 1 aromatic carbocycles. The van der Waals surface area contributed by atoms with Crippen molar-refractivity contribution in [2.24, 2.45) is 0 Å². The molecule has 0 spiro atoms. The van der Waals surface area contributed by atoms with E-state index in [1.165, 1.54) is 11.1 Å². The van der Waals surface area contributed by atoms with E-state index in [0.29, 0.717) is 5.56 Å². The van der Waals surface area contributed by atoms with E-state index in [9.17, 15) is 24.0 Å². The fraction of sp³-hybridized carbons (Fsp3) is 0.304. The van der Waals surface area contributed by atoms with E-state index in [-0.39, 0.29) is 66.5 Å². The number of Topliss-reactive ketones (excluding diaryl/α,β-unsaturated/α-hetero) is 2. The van der Waals surface area contributed by atoms with Gasteiger partial charge in [0.1, 0.15) is 11.5 Å². The summed E-state index contributed by atoms with van der Waals surface area (Å²) in [4.78, 5) is 69.7. The summed E-state index contributed by atoms with van der Waals surface area (Å²) in [7, 11) is 1.59. The number of nitrogens with zero attached hydrogens (tertiary/aromatic N) is 3. The molecule has 2 aliphatic rings. The SMILES string of the molecule is CN(Cc1cccc2c1C(=O)N(C1CCC(=O)CCC1=O)C2=O)C(=O)c1ccccn1. The van der Waals surface area contributed by atoms with E-state index in [4.69, 9.17) is 0 Å². The van der Waals surface area contributed by atoms with Crippen LogP contribution in [0.15, 0.2) is 42.6 Å². The molecule has 1 unspecified atom stereocenters. The van der Waals surface area contributed by atoms with Gasteiger partial charge in [0.2, 0.25) is 0 Å². The molecular formula is C23H21N3O5. The summed E-state index contributed by atoms with van der Waals surface area (Å²) < 4.78 is 0. The first-order valence-electron chi connectivity index (χ1n) is 10.1. The molecule has 31 heavy (non-hydrogen) atoms. The van der Waals surface area contributed by atoms with Crippen LogP contribution >= 0.6 is 0 Å². The standard InChI is InChI=1S/C23H21N3O5/c1-25(22(30)17-7-2-3-12-24-17)13-14-5-4-6-16-20(14)23(31)26(21(16)29)18-10-8-15(27)9-11-19(18)28/h2-7,12,18H,8-11,13H2,1H3. The minimum atomic E-state index is -0.931. The summed E-state index contributed by atoms with van der Waals surface area (Å²) in [6.07, 6.45) is 2.01. The number of imide groups is 1. The third kappa shape index (κ3) is 3.76. The van der Waals surface area contributed by atoms with Crippen molar-refractivity contribution in [2.75, 3.05) is 7.05 Å². The van der Waals surface area contributed by atoms with Gasteiger partial charge in [-0.05, 0) is 30.2 Å². The fourth-order valence-corrected chi connectivity index (χ4v) is 4.09. The zero-order chi connectivity index (χ0) is 22.1. The van der Waals surface area contributed by atoms with Gasteiger partial charge in [0.15, 0.2) is 5.78 Å². The molecule has 3 amide bonds. The number of hydrogen-bond acceptors (Lipinski definition) is 6. The Bertz CT molecular complexity index is 1100. The lowest BCUT2D eigenvalue weighted by Gasteiger charge is -2.23. The maximum atomic E-state index is 13.2. The Balaban J connectivity index is 1.62. The van der Waals surface area contributed by atoms with Crippen LogP contribution in [0, 0.1) is 0 Å². The molecule has 0 saturated heterocycles. The predicted molar refractivity (Wildman–Crippen MR) is 109 cm³/mol. The van der Waals surface area contributed by atoms with Crippen molar-refractivity contribution in [1.82, 2.24) is 14.8 Å². The van der Waals surface area contributed by atoms with Crippen molar-refractivity contribution >= 4 is 29.3 Å². The Labute approximate surface area is 178 Å². The van der Waals surface area contributed by atoms with Gasteiger partial charge in [0.25, 0.3) is 17.7 Å². The fourth-order valence-electron chi connectivity index (χ4n) is 4.09. The van der Waals surface area contributed by atoms with Crippen LogP contribution in [0.5, 0.6) is 0 Å². The molecule has 1 aromatic heterocycles. The lowest BCUT2D eigenvalue weighted by molar-refractivity contribution is -0.124. The van der Waals surface area contributed by atoms with Crippen molar-refractivity contribution < 1.29 is 24.0 Å². The Kier molecular flexibility index (Phi) is 5.46. The van der Waals surface area contributed by atoms with Gasteiger partial charge in [0.05, 0.1) is 17.2 Å². The molecule has 0 bridgehead atoms. The highest BCUT2D eigenvalue weighted by molar-refractivity contribution is 6.23. The van der Waals surface area contributed by atoms with E-state index < -0.39 is 17.9 Å². The minimum absolute atomic E-state index is 0.0328. The topological polar surface area (TPSA) is 105 Å². The summed E-state index contributed by atoms with van der Waals surface area (Å²) in [5.41, 5.74) is 1.21. The third-order valence-corrected chi connectivity index (χ3v) is 5.70. The molecule has 158 valence electrons. The van der Waals surface area contributed by atoms with Crippen LogP contribution in [0.4, 0.5) is 0 Å². The van der Waals surface area contributed by atoms with Crippen molar-refractivity contribution in [2.45, 2.75) is 38.3 Å². The number of rotatable bonds is 4. The Morgan fingerprint density at radius 2 is 1.84 bits per heavy atom. The first-order valence-corrected chi connectivity index (χ1v) is 10.1. The smallest absolute Gasteiger partial charge is 0.272 e. The van der Waals surface area contributed by atoms with Gasteiger partial charge < -0.3 is 4.90 Å². The molecule has 2 aromatic rings. The monoisotopic (exact) mass is 419 g/mol. The van der Waals surface area contributed by atoms with Crippen LogP contribution < -0.4 is 0 Å². The first-order chi connectivity index (χ1) is 14.9. The second kappa shape index (κ2) is 8.22. The van der Waals surface area contributed by atoms with Gasteiger partial charge in [0, 0.05) is 39.1 Å². The molecule has 1 aliphatic heterocycles. The Morgan fingerprint density at radius 1 is 1.03 bits per heavy atom. The van der Waals surface area contributed by atoms with Crippen LogP contribution in [-0.2, 0) is 16.1 Å². The maximum Gasteiger partial charge on any atom is 0.272 e. The number of pyridine rings is 1. The van der Waals surface area contributed by atoms with Gasteiger partial charge >= 0.3 is 0 Å². The molecular weight excluding hydrogens is 398 g/mol. The molecule has 4 rings (SSSR count). The van der Waals surface area contributed by atoms with E-state index >= 15 is 0 Å². The Hall–Kier alpha value is -3.68. The lowest BCUT2D eigenvalue weighted by atomic mass is 10.0. The number of benzene rings is 1. The second-order valence-electron chi connectivity index (χ2n) is 7.76. The van der Waals surface area contributed by atoms with Gasteiger partial charge in [-0.1, -0.05) is 18.2 Å². The van der Waals surface area contributed by atoms with E-state index in [0.717, 1.165) is 4.90 Å². The molecule has 8 heteroatoms. The zero-order valence-electron chi connectivity index (χ0n) is 17.0.